The van der Waals surface area contributed by atoms with Crippen LogP contribution in [0.1, 0.15) is 48.5 Å². The lowest BCUT2D eigenvalue weighted by molar-refractivity contribution is -0.123. The maximum Gasteiger partial charge on any atom is 0.338 e. The quantitative estimate of drug-likeness (QED) is 0.596. The molecule has 180 valence electrons. The number of carbonyl (C=O) groups excluding carboxylic acids is 2. The zero-order valence-corrected chi connectivity index (χ0v) is 19.9. The van der Waals surface area contributed by atoms with Crippen molar-refractivity contribution in [1.82, 2.24) is 4.31 Å². The van der Waals surface area contributed by atoms with Crippen molar-refractivity contribution < 1.29 is 27.5 Å². The molecule has 1 saturated heterocycles. The highest BCUT2D eigenvalue weighted by Crippen LogP contribution is 2.30. The average Bonchev–Trinajstić information content (AvgIpc) is 3.14. The number of anilines is 1. The van der Waals surface area contributed by atoms with E-state index in [9.17, 15) is 18.0 Å². The second-order valence-corrected chi connectivity index (χ2v) is 9.78. The SMILES string of the molecule is COc1ccc(C(=O)OC(C)C(=O)Nc2ccccc2C#N)cc1S(=O)(=O)N1CCCCCC1. The van der Waals surface area contributed by atoms with E-state index in [1.807, 2.05) is 6.07 Å². The van der Waals surface area contributed by atoms with Crippen molar-refractivity contribution >= 4 is 27.6 Å². The van der Waals surface area contributed by atoms with Gasteiger partial charge in [-0.3, -0.25) is 4.79 Å². The maximum absolute atomic E-state index is 13.3. The fourth-order valence-electron chi connectivity index (χ4n) is 3.63. The summed E-state index contributed by atoms with van der Waals surface area (Å²) in [4.78, 5) is 25.1. The van der Waals surface area contributed by atoms with Crippen LogP contribution < -0.4 is 10.1 Å². The van der Waals surface area contributed by atoms with Gasteiger partial charge in [-0.15, -0.1) is 0 Å². The molecule has 0 radical (unpaired) electrons. The molecule has 0 bridgehead atoms. The van der Waals surface area contributed by atoms with Gasteiger partial charge in [0.05, 0.1) is 23.9 Å². The summed E-state index contributed by atoms with van der Waals surface area (Å²) in [5.74, 6) is -1.35. The molecule has 2 aromatic carbocycles. The van der Waals surface area contributed by atoms with Crippen molar-refractivity contribution in [3.05, 3.63) is 53.6 Å². The molecule has 3 rings (SSSR count). The molecular weight excluding hydrogens is 458 g/mol. The van der Waals surface area contributed by atoms with Crippen molar-refractivity contribution in [1.29, 1.82) is 5.26 Å². The summed E-state index contributed by atoms with van der Waals surface area (Å²) in [5.41, 5.74) is 0.548. The van der Waals surface area contributed by atoms with Gasteiger partial charge in [0, 0.05) is 13.1 Å². The Hall–Kier alpha value is -3.42. The van der Waals surface area contributed by atoms with Crippen LogP contribution in [-0.2, 0) is 19.6 Å². The number of esters is 1. The first kappa shape index (κ1) is 25.2. The number of methoxy groups -OCH3 is 1. The summed E-state index contributed by atoms with van der Waals surface area (Å²) in [6, 6.07) is 12.4. The van der Waals surface area contributed by atoms with Crippen molar-refractivity contribution in [2.45, 2.75) is 43.6 Å². The highest BCUT2D eigenvalue weighted by molar-refractivity contribution is 7.89. The molecule has 34 heavy (non-hydrogen) atoms. The smallest absolute Gasteiger partial charge is 0.338 e. The van der Waals surface area contributed by atoms with E-state index in [-0.39, 0.29) is 21.8 Å². The first-order valence-electron chi connectivity index (χ1n) is 11.0. The number of nitrogens with zero attached hydrogens (tertiary/aromatic N) is 2. The Morgan fingerprint density at radius 2 is 1.76 bits per heavy atom. The van der Waals surface area contributed by atoms with Gasteiger partial charge in [0.15, 0.2) is 6.10 Å². The van der Waals surface area contributed by atoms with Crippen molar-refractivity contribution in [3.63, 3.8) is 0 Å². The summed E-state index contributed by atoms with van der Waals surface area (Å²) in [5, 5.41) is 11.7. The highest BCUT2D eigenvalue weighted by atomic mass is 32.2. The second kappa shape index (κ2) is 11.1. The number of hydrogen-bond donors (Lipinski definition) is 1. The standard InChI is InChI=1S/C24H27N3O6S/c1-17(23(28)26-20-10-6-5-9-19(20)16-25)33-24(29)18-11-12-21(32-2)22(15-18)34(30,31)27-13-7-3-4-8-14-27/h5-6,9-12,15,17H,3-4,7-8,13-14H2,1-2H3,(H,26,28). The van der Waals surface area contributed by atoms with Crippen LogP contribution in [0, 0.1) is 11.3 Å². The highest BCUT2D eigenvalue weighted by Gasteiger charge is 2.30. The van der Waals surface area contributed by atoms with Crippen molar-refractivity contribution in [2.24, 2.45) is 0 Å². The lowest BCUT2D eigenvalue weighted by Gasteiger charge is -2.21. The van der Waals surface area contributed by atoms with Gasteiger partial charge in [-0.1, -0.05) is 25.0 Å². The zero-order valence-electron chi connectivity index (χ0n) is 19.1. The summed E-state index contributed by atoms with van der Waals surface area (Å²) in [7, 11) is -2.53. The van der Waals surface area contributed by atoms with E-state index < -0.39 is 28.0 Å². The van der Waals surface area contributed by atoms with Gasteiger partial charge in [-0.05, 0) is 50.1 Å². The van der Waals surface area contributed by atoms with E-state index in [1.165, 1.54) is 36.5 Å². The van der Waals surface area contributed by atoms with Gasteiger partial charge in [0.25, 0.3) is 5.91 Å². The van der Waals surface area contributed by atoms with Gasteiger partial charge in [-0.2, -0.15) is 9.57 Å². The number of para-hydroxylation sites is 1. The third kappa shape index (κ3) is 5.73. The second-order valence-electron chi connectivity index (χ2n) is 7.88. The molecule has 9 nitrogen and oxygen atoms in total. The predicted molar refractivity (Wildman–Crippen MR) is 125 cm³/mol. The lowest BCUT2D eigenvalue weighted by atomic mass is 10.2. The fourth-order valence-corrected chi connectivity index (χ4v) is 5.33. The molecule has 1 aliphatic heterocycles. The van der Waals surface area contributed by atoms with Crippen LogP contribution in [-0.4, -0.2) is 50.9 Å². The first-order chi connectivity index (χ1) is 16.3. The molecule has 1 amide bonds. The molecule has 0 saturated carbocycles. The topological polar surface area (TPSA) is 126 Å². The number of hydrogen-bond acceptors (Lipinski definition) is 7. The number of rotatable bonds is 7. The van der Waals surface area contributed by atoms with E-state index in [0.29, 0.717) is 18.8 Å². The van der Waals surface area contributed by atoms with Crippen LogP contribution in [0.2, 0.25) is 0 Å². The van der Waals surface area contributed by atoms with E-state index in [0.717, 1.165) is 25.7 Å². The number of ether oxygens (including phenoxy) is 2. The maximum atomic E-state index is 13.3. The van der Waals surface area contributed by atoms with E-state index in [1.54, 1.807) is 24.3 Å². The number of amides is 1. The lowest BCUT2D eigenvalue weighted by Crippen LogP contribution is -2.32. The summed E-state index contributed by atoms with van der Waals surface area (Å²) in [6.45, 7) is 2.20. The van der Waals surface area contributed by atoms with E-state index in [4.69, 9.17) is 14.7 Å². The Kier molecular flexibility index (Phi) is 8.26. The molecule has 1 N–H and O–H groups in total. The van der Waals surface area contributed by atoms with Crippen LogP contribution in [0.25, 0.3) is 0 Å². The molecule has 2 aromatic rings. The van der Waals surface area contributed by atoms with Gasteiger partial charge in [0.2, 0.25) is 10.0 Å². The number of benzene rings is 2. The molecule has 1 fully saturated rings. The third-order valence-corrected chi connectivity index (χ3v) is 7.46. The van der Waals surface area contributed by atoms with E-state index in [2.05, 4.69) is 5.32 Å². The Bertz CT molecular complexity index is 1200. The van der Waals surface area contributed by atoms with Gasteiger partial charge in [0.1, 0.15) is 16.7 Å². The third-order valence-electron chi connectivity index (χ3n) is 5.54. The van der Waals surface area contributed by atoms with Crippen LogP contribution >= 0.6 is 0 Å². The molecule has 1 unspecified atom stereocenters. The Labute approximate surface area is 199 Å². The number of nitriles is 1. The van der Waals surface area contributed by atoms with Gasteiger partial charge >= 0.3 is 5.97 Å². The molecule has 10 heteroatoms. The minimum Gasteiger partial charge on any atom is -0.495 e. The molecule has 0 aliphatic carbocycles. The monoisotopic (exact) mass is 485 g/mol. The fraction of sp³-hybridized carbons (Fsp3) is 0.375. The normalized spacial score (nSPS) is 15.4. The Balaban J connectivity index is 1.78. The predicted octanol–water partition coefficient (Wildman–Crippen LogP) is 3.32. The molecule has 1 heterocycles. The number of sulfonamides is 1. The molecule has 1 aliphatic rings. The molecular formula is C24H27N3O6S. The molecule has 0 spiro atoms. The van der Waals surface area contributed by atoms with Crippen molar-refractivity contribution in [3.8, 4) is 11.8 Å². The molecule has 1 atom stereocenters. The van der Waals surface area contributed by atoms with Gasteiger partial charge < -0.3 is 14.8 Å². The largest absolute Gasteiger partial charge is 0.495 e. The Morgan fingerprint density at radius 1 is 1.09 bits per heavy atom. The summed E-state index contributed by atoms with van der Waals surface area (Å²) < 4.78 is 38.5. The average molecular weight is 486 g/mol. The van der Waals surface area contributed by atoms with Crippen LogP contribution in [0.3, 0.4) is 0 Å². The minimum atomic E-state index is -3.89. The van der Waals surface area contributed by atoms with Crippen LogP contribution in [0.5, 0.6) is 5.75 Å². The Morgan fingerprint density at radius 3 is 2.41 bits per heavy atom. The van der Waals surface area contributed by atoms with Crippen molar-refractivity contribution in [2.75, 3.05) is 25.5 Å². The van der Waals surface area contributed by atoms with Crippen LogP contribution in [0.4, 0.5) is 5.69 Å². The minimum absolute atomic E-state index is 0.0220. The number of carbonyl (C=O) groups is 2. The van der Waals surface area contributed by atoms with Crippen LogP contribution in [0.15, 0.2) is 47.4 Å². The zero-order chi connectivity index (χ0) is 24.7. The summed E-state index contributed by atoms with van der Waals surface area (Å²) >= 11 is 0. The number of nitrogens with one attached hydrogen (secondary N) is 1. The van der Waals surface area contributed by atoms with E-state index >= 15 is 0 Å². The first-order valence-corrected chi connectivity index (χ1v) is 12.4. The summed E-state index contributed by atoms with van der Waals surface area (Å²) in [6.07, 6.45) is 2.28. The van der Waals surface area contributed by atoms with Gasteiger partial charge in [-0.25, -0.2) is 13.2 Å². The molecule has 0 aromatic heterocycles.